The highest BCUT2D eigenvalue weighted by Gasteiger charge is 2.55. The van der Waals surface area contributed by atoms with Crippen molar-refractivity contribution < 1.29 is 46.5 Å². The Morgan fingerprint density at radius 2 is 1.75 bits per heavy atom. The lowest BCUT2D eigenvalue weighted by molar-refractivity contribution is -0.0583. The van der Waals surface area contributed by atoms with Crippen LogP contribution in [0.4, 0.5) is 10.3 Å². The number of aromatic amines is 2. The number of rotatable bonds is 2. The summed E-state index contributed by atoms with van der Waals surface area (Å²) in [5.41, 5.74) is 4.27. The van der Waals surface area contributed by atoms with Crippen LogP contribution in [-0.2, 0) is 43.9 Å². The maximum Gasteiger partial charge on any atom is 0.697 e. The summed E-state index contributed by atoms with van der Waals surface area (Å²) in [6.07, 6.45) is -8.55. The van der Waals surface area contributed by atoms with Gasteiger partial charge in [-0.15, -0.1) is 9.05 Å². The molecule has 0 spiro atoms. The number of nitrogens with one attached hydrogen (secondary N) is 2. The molecule has 4 aromatic rings. The average molecular weight is 676 g/mol. The Morgan fingerprint density at radius 3 is 2.52 bits per heavy atom. The van der Waals surface area contributed by atoms with E-state index in [-0.39, 0.29) is 28.3 Å². The maximum atomic E-state index is 15.8. The summed E-state index contributed by atoms with van der Waals surface area (Å²) in [7, 11) is -3.05. The molecule has 24 heteroatoms. The van der Waals surface area contributed by atoms with Gasteiger partial charge in [-0.3, -0.25) is 28.2 Å². The monoisotopic (exact) mass is 676 g/mol. The number of hydrogen-bond acceptors (Lipinski definition) is 16. The minimum absolute atomic E-state index is 0.00591. The molecular formula is C20H21FN9O11P2S+. The summed E-state index contributed by atoms with van der Waals surface area (Å²) in [6.45, 7) is -5.45. The molecule has 44 heavy (non-hydrogen) atoms. The fourth-order valence-corrected chi connectivity index (χ4v) is 7.36. The lowest BCUT2D eigenvalue weighted by Gasteiger charge is -2.26. The zero-order valence-electron chi connectivity index (χ0n) is 21.8. The van der Waals surface area contributed by atoms with Crippen LogP contribution < -0.4 is 16.9 Å². The zero-order valence-corrected chi connectivity index (χ0v) is 24.4. The van der Waals surface area contributed by atoms with Gasteiger partial charge < -0.3 is 34.7 Å². The van der Waals surface area contributed by atoms with E-state index in [1.807, 2.05) is 0 Å². The Bertz CT molecular complexity index is 1940. The predicted octanol–water partition coefficient (Wildman–Crippen LogP) is -0.980. The van der Waals surface area contributed by atoms with Gasteiger partial charge in [0.1, 0.15) is 31.0 Å². The quantitative estimate of drug-likeness (QED) is 0.160. The molecule has 10 atom stereocenters. The first kappa shape index (κ1) is 29.6. The van der Waals surface area contributed by atoms with E-state index < -0.39 is 88.5 Å². The topological polar surface area (TPSA) is 266 Å². The first-order valence-electron chi connectivity index (χ1n) is 12.7. The van der Waals surface area contributed by atoms with Gasteiger partial charge in [-0.25, -0.2) is 19.3 Å². The Kier molecular flexibility index (Phi) is 7.41. The number of nitrogens with two attached hydrogens (primary N) is 1. The van der Waals surface area contributed by atoms with Crippen LogP contribution in [0.15, 0.2) is 28.6 Å². The van der Waals surface area contributed by atoms with Gasteiger partial charge in [0.15, 0.2) is 47.1 Å². The lowest BCUT2D eigenvalue weighted by Crippen LogP contribution is -2.35. The Labute approximate surface area is 248 Å². The van der Waals surface area contributed by atoms with E-state index in [9.17, 15) is 24.2 Å². The summed E-state index contributed by atoms with van der Waals surface area (Å²) in [5, 5.41) is 11.1. The third-order valence-electron chi connectivity index (χ3n) is 7.15. The molecule has 20 nitrogen and oxygen atoms in total. The SMILES string of the molecule is Nc1nc2c(ncn2[C@@H]2O[C@@H]3CO[P+](=O)O[C@H]4[C@H](F)[C@H](n5cnc6c(=O)[nH]cnc65)O[C@@H]4COP(O)(=S)O[C@@H]2[C@@H]3O)c(=O)[nH]1. The van der Waals surface area contributed by atoms with Crippen LogP contribution in [0.3, 0.4) is 0 Å². The smallest absolute Gasteiger partial charge is 0.387 e. The van der Waals surface area contributed by atoms with Gasteiger partial charge in [0.2, 0.25) is 5.95 Å². The van der Waals surface area contributed by atoms with Gasteiger partial charge in [0.05, 0.1) is 25.6 Å². The molecule has 0 aliphatic carbocycles. The molecule has 3 aliphatic heterocycles. The first-order chi connectivity index (χ1) is 21.0. The third-order valence-corrected chi connectivity index (χ3v) is 9.49. The van der Waals surface area contributed by atoms with Crippen molar-refractivity contribution in [1.29, 1.82) is 0 Å². The van der Waals surface area contributed by atoms with E-state index in [4.69, 9.17) is 45.1 Å². The van der Waals surface area contributed by atoms with Crippen LogP contribution in [-0.4, -0.2) is 98.9 Å². The second kappa shape index (κ2) is 11.0. The molecule has 2 unspecified atom stereocenters. The fraction of sp³-hybridized carbons (Fsp3) is 0.500. The van der Waals surface area contributed by atoms with Crippen molar-refractivity contribution in [2.75, 3.05) is 18.9 Å². The second-order valence-corrected chi connectivity index (χ2v) is 13.5. The number of alkyl halides is 1. The van der Waals surface area contributed by atoms with Crippen molar-refractivity contribution >= 4 is 55.1 Å². The van der Waals surface area contributed by atoms with Crippen LogP contribution >= 0.6 is 15.0 Å². The molecule has 234 valence electrons. The number of imidazole rings is 2. The molecule has 0 aromatic carbocycles. The van der Waals surface area contributed by atoms with Crippen LogP contribution in [0, 0.1) is 0 Å². The van der Waals surface area contributed by atoms with Crippen molar-refractivity contribution in [3.8, 4) is 0 Å². The minimum atomic E-state index is -4.27. The molecule has 3 fully saturated rings. The van der Waals surface area contributed by atoms with Crippen LogP contribution in [0.2, 0.25) is 0 Å². The molecule has 0 radical (unpaired) electrons. The van der Waals surface area contributed by atoms with E-state index in [2.05, 4.69) is 29.9 Å². The number of nitrogen functional groups attached to an aromatic ring is 1. The first-order valence-corrected chi connectivity index (χ1v) is 16.4. The highest BCUT2D eigenvalue weighted by atomic mass is 32.5. The number of ether oxygens (including phenoxy) is 2. The van der Waals surface area contributed by atoms with E-state index in [0.29, 0.717) is 0 Å². The van der Waals surface area contributed by atoms with Crippen molar-refractivity contribution in [1.82, 2.24) is 39.0 Å². The highest BCUT2D eigenvalue weighted by molar-refractivity contribution is 8.07. The summed E-state index contributed by atoms with van der Waals surface area (Å²) < 4.78 is 64.6. The van der Waals surface area contributed by atoms with Crippen molar-refractivity contribution in [2.45, 2.75) is 49.1 Å². The molecule has 0 saturated carbocycles. The molecule has 6 N–H and O–H groups in total. The van der Waals surface area contributed by atoms with E-state index >= 15 is 4.39 Å². The van der Waals surface area contributed by atoms with E-state index in [1.165, 1.54) is 10.9 Å². The molecule has 2 bridgehead atoms. The standard InChI is InChI=1S/C20H20FN9O11P2S/c21-8-12-7(39-18(8)29-4-25-9-14(29)23-3-24-16(9)32)2-37-43(35,44)41-13-11(31)6(1-36-42(34)40-12)38-19(13)30-5-26-10-15(30)27-20(22)28-17(10)33/h3-8,11-13,18-19,31H,1-2H2,(H4-,22,23,24,27,28,32,33,35,44)/p+1/t6-,7-,8+,11-,12-,13-,18-,19-,43?/m1/s1. The zero-order chi connectivity index (χ0) is 30.9. The fourth-order valence-electron chi connectivity index (χ4n) is 5.17. The number of halogens is 1. The van der Waals surface area contributed by atoms with Gasteiger partial charge in [0, 0.05) is 4.57 Å². The van der Waals surface area contributed by atoms with Crippen molar-refractivity contribution in [2.24, 2.45) is 0 Å². The van der Waals surface area contributed by atoms with Gasteiger partial charge >= 0.3 is 15.0 Å². The third kappa shape index (κ3) is 5.07. The minimum Gasteiger partial charge on any atom is -0.387 e. The van der Waals surface area contributed by atoms with Gasteiger partial charge in [-0.1, -0.05) is 0 Å². The molecule has 3 aliphatic rings. The van der Waals surface area contributed by atoms with Gasteiger partial charge in [-0.2, -0.15) is 4.98 Å². The summed E-state index contributed by atoms with van der Waals surface area (Å²) >= 11 is 5.19. The number of aliphatic hydroxyl groups is 1. The van der Waals surface area contributed by atoms with E-state index in [1.54, 1.807) is 0 Å². The number of hydrogen-bond donors (Lipinski definition) is 5. The van der Waals surface area contributed by atoms with Crippen molar-refractivity contribution in [3.05, 3.63) is 39.7 Å². The molecule has 0 amide bonds. The van der Waals surface area contributed by atoms with Crippen LogP contribution in [0.25, 0.3) is 22.3 Å². The Hall–Kier alpha value is -3.14. The Morgan fingerprint density at radius 1 is 1.05 bits per heavy atom. The van der Waals surface area contributed by atoms with Crippen LogP contribution in [0.1, 0.15) is 12.5 Å². The van der Waals surface area contributed by atoms with Crippen LogP contribution in [0.5, 0.6) is 0 Å². The molecule has 3 saturated heterocycles. The van der Waals surface area contributed by atoms with Crippen molar-refractivity contribution in [3.63, 3.8) is 0 Å². The summed E-state index contributed by atoms with van der Waals surface area (Å²) in [4.78, 5) is 56.1. The molecular weight excluding hydrogens is 655 g/mol. The number of anilines is 1. The number of aliphatic hydroxyl groups excluding tert-OH is 1. The largest absolute Gasteiger partial charge is 0.697 e. The second-order valence-electron chi connectivity index (χ2n) is 9.82. The summed E-state index contributed by atoms with van der Waals surface area (Å²) in [5.74, 6) is -0.228. The molecule has 4 aromatic heterocycles. The number of aromatic nitrogens is 8. The van der Waals surface area contributed by atoms with E-state index in [0.717, 1.165) is 17.2 Å². The molecule has 7 heterocycles. The maximum absolute atomic E-state index is 15.8. The molecule has 7 rings (SSSR count). The normalized spacial score (nSPS) is 35.8. The number of nitrogens with zero attached hydrogens (tertiary/aromatic N) is 6. The lowest BCUT2D eigenvalue weighted by atomic mass is 10.1. The highest BCUT2D eigenvalue weighted by Crippen LogP contribution is 2.51. The predicted molar refractivity (Wildman–Crippen MR) is 145 cm³/mol. The van der Waals surface area contributed by atoms with Gasteiger partial charge in [0.25, 0.3) is 11.1 Å². The summed E-state index contributed by atoms with van der Waals surface area (Å²) in [6, 6.07) is 0. The van der Waals surface area contributed by atoms with Gasteiger partial charge in [-0.05, 0) is 11.8 Å². The number of fused-ring (bicyclic) bond motifs is 5. The average Bonchev–Trinajstić information content (AvgIpc) is 3.72. The Balaban J connectivity index is 1.19. The number of H-pyrrole nitrogens is 2.